The Morgan fingerprint density at radius 2 is 2.14 bits per heavy atom. The topological polar surface area (TPSA) is 70.6 Å². The van der Waals surface area contributed by atoms with E-state index in [1.165, 1.54) is 0 Å². The van der Waals surface area contributed by atoms with E-state index in [0.717, 1.165) is 0 Å². The Hall–Kier alpha value is -1.46. The highest BCUT2D eigenvalue weighted by atomic mass is 35.5. The SMILES string of the molecule is CC(C)(CCO)CNC(=O)NCCOc1cccc(Cl)c1. The van der Waals surface area contributed by atoms with Gasteiger partial charge in [0.15, 0.2) is 0 Å². The minimum Gasteiger partial charge on any atom is -0.492 e. The molecule has 0 aliphatic heterocycles. The van der Waals surface area contributed by atoms with Crippen LogP contribution in [0.1, 0.15) is 20.3 Å². The molecule has 0 spiro atoms. The number of carbonyl (C=O) groups is 1. The zero-order chi connectivity index (χ0) is 15.7. The summed E-state index contributed by atoms with van der Waals surface area (Å²) < 4.78 is 5.46. The highest BCUT2D eigenvalue weighted by Gasteiger charge is 2.17. The van der Waals surface area contributed by atoms with Gasteiger partial charge in [0.05, 0.1) is 6.54 Å². The van der Waals surface area contributed by atoms with Crippen molar-refractivity contribution >= 4 is 17.6 Å². The number of halogens is 1. The van der Waals surface area contributed by atoms with Gasteiger partial charge in [-0.1, -0.05) is 31.5 Å². The summed E-state index contributed by atoms with van der Waals surface area (Å²) in [5, 5.41) is 15.0. The van der Waals surface area contributed by atoms with E-state index in [4.69, 9.17) is 21.4 Å². The van der Waals surface area contributed by atoms with Gasteiger partial charge < -0.3 is 20.5 Å². The number of hydrogen-bond donors (Lipinski definition) is 3. The Morgan fingerprint density at radius 3 is 2.81 bits per heavy atom. The van der Waals surface area contributed by atoms with E-state index in [9.17, 15) is 4.79 Å². The van der Waals surface area contributed by atoms with Gasteiger partial charge in [-0.15, -0.1) is 0 Å². The summed E-state index contributed by atoms with van der Waals surface area (Å²) in [6.45, 7) is 5.38. The molecule has 21 heavy (non-hydrogen) atoms. The van der Waals surface area contributed by atoms with Crippen molar-refractivity contribution in [2.24, 2.45) is 5.41 Å². The molecule has 0 bridgehead atoms. The first kappa shape index (κ1) is 17.6. The van der Waals surface area contributed by atoms with Crippen LogP contribution in [0, 0.1) is 5.41 Å². The summed E-state index contributed by atoms with van der Waals surface area (Å²) in [6, 6.07) is 6.87. The molecule has 0 aliphatic rings. The van der Waals surface area contributed by atoms with Gasteiger partial charge in [0, 0.05) is 18.2 Å². The number of aliphatic hydroxyl groups excluding tert-OH is 1. The Bertz CT molecular complexity index is 452. The van der Waals surface area contributed by atoms with Crippen LogP contribution in [0.15, 0.2) is 24.3 Å². The summed E-state index contributed by atoms with van der Waals surface area (Å²) >= 11 is 5.84. The largest absolute Gasteiger partial charge is 0.492 e. The maximum atomic E-state index is 11.6. The molecule has 1 aromatic rings. The second-order valence-corrected chi connectivity index (χ2v) is 5.99. The Balaban J connectivity index is 2.16. The van der Waals surface area contributed by atoms with Gasteiger partial charge in [-0.3, -0.25) is 0 Å². The number of amides is 2. The lowest BCUT2D eigenvalue weighted by Crippen LogP contribution is -2.42. The third-order valence-corrected chi connectivity index (χ3v) is 3.20. The zero-order valence-corrected chi connectivity index (χ0v) is 13.2. The molecule has 2 amide bonds. The van der Waals surface area contributed by atoms with Crippen molar-refractivity contribution in [2.75, 3.05) is 26.3 Å². The van der Waals surface area contributed by atoms with Crippen LogP contribution >= 0.6 is 11.6 Å². The molecular weight excluding hydrogens is 292 g/mol. The number of aliphatic hydroxyl groups is 1. The smallest absolute Gasteiger partial charge is 0.314 e. The predicted molar refractivity (Wildman–Crippen MR) is 83.8 cm³/mol. The quantitative estimate of drug-likeness (QED) is 0.645. The fourth-order valence-electron chi connectivity index (χ4n) is 1.66. The van der Waals surface area contributed by atoms with E-state index in [1.54, 1.807) is 18.2 Å². The van der Waals surface area contributed by atoms with Gasteiger partial charge in [0.25, 0.3) is 0 Å². The Kier molecular flexibility index (Phi) is 7.32. The monoisotopic (exact) mass is 314 g/mol. The van der Waals surface area contributed by atoms with Crippen LogP contribution in [0.5, 0.6) is 5.75 Å². The summed E-state index contributed by atoms with van der Waals surface area (Å²) in [5.41, 5.74) is -0.122. The van der Waals surface area contributed by atoms with Gasteiger partial charge in [0.2, 0.25) is 0 Å². The first-order valence-electron chi connectivity index (χ1n) is 6.94. The highest BCUT2D eigenvalue weighted by Crippen LogP contribution is 2.18. The maximum absolute atomic E-state index is 11.6. The van der Waals surface area contributed by atoms with Crippen LogP contribution in [-0.4, -0.2) is 37.4 Å². The number of carbonyl (C=O) groups excluding carboxylic acids is 1. The molecule has 0 saturated carbocycles. The number of ether oxygens (including phenoxy) is 1. The normalized spacial score (nSPS) is 11.0. The summed E-state index contributed by atoms with van der Waals surface area (Å²) in [5.74, 6) is 0.675. The van der Waals surface area contributed by atoms with E-state index < -0.39 is 0 Å². The predicted octanol–water partition coefficient (Wildman–Crippen LogP) is 2.43. The third-order valence-electron chi connectivity index (χ3n) is 2.97. The van der Waals surface area contributed by atoms with E-state index in [0.29, 0.717) is 36.9 Å². The average Bonchev–Trinajstić information content (AvgIpc) is 2.42. The second-order valence-electron chi connectivity index (χ2n) is 5.55. The van der Waals surface area contributed by atoms with Crippen LogP contribution in [0.4, 0.5) is 4.79 Å². The molecule has 0 fully saturated rings. The molecule has 0 unspecified atom stereocenters. The molecule has 0 radical (unpaired) electrons. The van der Waals surface area contributed by atoms with Crippen molar-refractivity contribution in [2.45, 2.75) is 20.3 Å². The van der Waals surface area contributed by atoms with Crippen LogP contribution in [-0.2, 0) is 0 Å². The van der Waals surface area contributed by atoms with Gasteiger partial charge in [-0.05, 0) is 30.0 Å². The third kappa shape index (κ3) is 7.78. The van der Waals surface area contributed by atoms with E-state index in [1.807, 2.05) is 19.9 Å². The number of benzene rings is 1. The van der Waals surface area contributed by atoms with Crippen molar-refractivity contribution in [3.05, 3.63) is 29.3 Å². The van der Waals surface area contributed by atoms with Gasteiger partial charge in [-0.25, -0.2) is 4.79 Å². The van der Waals surface area contributed by atoms with Crippen LogP contribution in [0.3, 0.4) is 0 Å². The number of urea groups is 1. The lowest BCUT2D eigenvalue weighted by Gasteiger charge is -2.23. The first-order valence-corrected chi connectivity index (χ1v) is 7.32. The summed E-state index contributed by atoms with van der Waals surface area (Å²) in [7, 11) is 0. The van der Waals surface area contributed by atoms with Crippen LogP contribution in [0.2, 0.25) is 5.02 Å². The lowest BCUT2D eigenvalue weighted by atomic mass is 9.90. The Morgan fingerprint density at radius 1 is 1.38 bits per heavy atom. The molecule has 5 nitrogen and oxygen atoms in total. The fraction of sp³-hybridized carbons (Fsp3) is 0.533. The van der Waals surface area contributed by atoms with Crippen molar-refractivity contribution in [1.82, 2.24) is 10.6 Å². The average molecular weight is 315 g/mol. The van der Waals surface area contributed by atoms with Gasteiger partial charge in [0.1, 0.15) is 12.4 Å². The number of hydrogen-bond acceptors (Lipinski definition) is 3. The second kappa shape index (κ2) is 8.74. The molecule has 6 heteroatoms. The molecule has 3 N–H and O–H groups in total. The highest BCUT2D eigenvalue weighted by molar-refractivity contribution is 6.30. The van der Waals surface area contributed by atoms with Crippen molar-refractivity contribution in [3.63, 3.8) is 0 Å². The fourth-order valence-corrected chi connectivity index (χ4v) is 1.84. The summed E-state index contributed by atoms with van der Waals surface area (Å²) in [4.78, 5) is 11.6. The van der Waals surface area contributed by atoms with Gasteiger partial charge >= 0.3 is 6.03 Å². The first-order chi connectivity index (χ1) is 9.93. The molecular formula is C15H23ClN2O3. The van der Waals surface area contributed by atoms with Gasteiger partial charge in [-0.2, -0.15) is 0 Å². The standard InChI is InChI=1S/C15H23ClN2O3/c1-15(2,6-8-19)11-18-14(20)17-7-9-21-13-5-3-4-12(16)10-13/h3-5,10,19H,6-9,11H2,1-2H3,(H2,17,18,20). The molecule has 118 valence electrons. The Labute approximate surface area is 130 Å². The van der Waals surface area contributed by atoms with Crippen molar-refractivity contribution in [3.8, 4) is 5.75 Å². The molecule has 0 aliphatic carbocycles. The molecule has 0 heterocycles. The molecule has 1 aromatic carbocycles. The molecule has 0 atom stereocenters. The van der Waals surface area contributed by atoms with Crippen LogP contribution in [0.25, 0.3) is 0 Å². The molecule has 1 rings (SSSR count). The zero-order valence-electron chi connectivity index (χ0n) is 12.5. The van der Waals surface area contributed by atoms with Crippen molar-refractivity contribution < 1.29 is 14.6 Å². The lowest BCUT2D eigenvalue weighted by molar-refractivity contribution is 0.200. The number of rotatable bonds is 8. The van der Waals surface area contributed by atoms with E-state index in [-0.39, 0.29) is 18.1 Å². The summed E-state index contributed by atoms with van der Waals surface area (Å²) in [6.07, 6.45) is 0.644. The minimum atomic E-state index is -0.240. The van der Waals surface area contributed by atoms with Crippen LogP contribution < -0.4 is 15.4 Å². The number of nitrogens with one attached hydrogen (secondary N) is 2. The van der Waals surface area contributed by atoms with E-state index >= 15 is 0 Å². The maximum Gasteiger partial charge on any atom is 0.314 e. The minimum absolute atomic E-state index is 0.115. The van der Waals surface area contributed by atoms with E-state index in [2.05, 4.69) is 10.6 Å². The molecule has 0 aromatic heterocycles. The molecule has 0 saturated heterocycles. The van der Waals surface area contributed by atoms with Crippen molar-refractivity contribution in [1.29, 1.82) is 0 Å².